The van der Waals surface area contributed by atoms with E-state index in [4.69, 9.17) is 4.74 Å². The molecule has 1 aliphatic heterocycles. The van der Waals surface area contributed by atoms with Gasteiger partial charge in [0.2, 0.25) is 5.91 Å². The van der Waals surface area contributed by atoms with Crippen LogP contribution in [0.15, 0.2) is 22.7 Å². The van der Waals surface area contributed by atoms with Crippen molar-refractivity contribution in [2.75, 3.05) is 27.2 Å². The second kappa shape index (κ2) is 5.74. The zero-order valence-electron chi connectivity index (χ0n) is 12.4. The molecule has 0 spiro atoms. The number of rotatable bonds is 3. The van der Waals surface area contributed by atoms with Gasteiger partial charge in [-0.1, -0.05) is 6.07 Å². The smallest absolute Gasteiger partial charge is 0.242 e. The fourth-order valence-electron chi connectivity index (χ4n) is 2.56. The molecule has 2 rings (SSSR count). The lowest BCUT2D eigenvalue weighted by molar-refractivity contribution is -0.147. The lowest BCUT2D eigenvalue weighted by atomic mass is 9.97. The lowest BCUT2D eigenvalue weighted by Crippen LogP contribution is -2.61. The zero-order valence-corrected chi connectivity index (χ0v) is 14.0. The minimum Gasteiger partial charge on any atom is -0.496 e. The highest BCUT2D eigenvalue weighted by Crippen LogP contribution is 2.28. The van der Waals surface area contributed by atoms with Crippen molar-refractivity contribution < 1.29 is 9.53 Å². The maximum Gasteiger partial charge on any atom is 0.242 e. The topological polar surface area (TPSA) is 32.8 Å². The van der Waals surface area contributed by atoms with E-state index in [1.165, 1.54) is 5.56 Å². The van der Waals surface area contributed by atoms with E-state index in [-0.39, 0.29) is 5.91 Å². The van der Waals surface area contributed by atoms with Gasteiger partial charge >= 0.3 is 0 Å². The van der Waals surface area contributed by atoms with Gasteiger partial charge in [-0.25, -0.2) is 0 Å². The van der Waals surface area contributed by atoms with Gasteiger partial charge < -0.3 is 9.64 Å². The van der Waals surface area contributed by atoms with Crippen LogP contribution in [0.5, 0.6) is 5.75 Å². The van der Waals surface area contributed by atoms with Gasteiger partial charge in [0.15, 0.2) is 0 Å². The van der Waals surface area contributed by atoms with Crippen molar-refractivity contribution in [3.8, 4) is 5.75 Å². The van der Waals surface area contributed by atoms with E-state index < -0.39 is 5.54 Å². The number of piperazine rings is 1. The number of amides is 1. The summed E-state index contributed by atoms with van der Waals surface area (Å²) >= 11 is 3.50. The van der Waals surface area contributed by atoms with E-state index in [0.717, 1.165) is 29.9 Å². The van der Waals surface area contributed by atoms with Crippen molar-refractivity contribution >= 4 is 21.8 Å². The molecule has 1 aromatic carbocycles. The number of carbonyl (C=O) groups excluding carboxylic acids is 1. The predicted molar refractivity (Wildman–Crippen MR) is 82.8 cm³/mol. The van der Waals surface area contributed by atoms with Crippen LogP contribution in [0, 0.1) is 0 Å². The van der Waals surface area contributed by atoms with E-state index in [2.05, 4.69) is 26.9 Å². The van der Waals surface area contributed by atoms with E-state index in [9.17, 15) is 4.79 Å². The summed E-state index contributed by atoms with van der Waals surface area (Å²) in [7, 11) is 3.52. The largest absolute Gasteiger partial charge is 0.496 e. The quantitative estimate of drug-likeness (QED) is 0.847. The van der Waals surface area contributed by atoms with Crippen LogP contribution in [-0.4, -0.2) is 48.5 Å². The molecule has 1 aromatic rings. The van der Waals surface area contributed by atoms with E-state index >= 15 is 0 Å². The monoisotopic (exact) mass is 340 g/mol. The van der Waals surface area contributed by atoms with Gasteiger partial charge in [-0.05, 0) is 47.5 Å². The Kier molecular flexibility index (Phi) is 4.39. The summed E-state index contributed by atoms with van der Waals surface area (Å²) in [6.45, 7) is 6.40. The SMILES string of the molecule is COc1ccc(CN2CCN(C)C(=O)C2(C)C)cc1Br. The molecule has 0 saturated carbocycles. The molecule has 5 heteroatoms. The van der Waals surface area contributed by atoms with Crippen LogP contribution in [0.1, 0.15) is 19.4 Å². The molecule has 110 valence electrons. The van der Waals surface area contributed by atoms with Crippen molar-refractivity contribution in [2.45, 2.75) is 25.9 Å². The molecule has 0 N–H and O–H groups in total. The first-order valence-corrected chi connectivity index (χ1v) is 7.48. The van der Waals surface area contributed by atoms with Gasteiger partial charge in [-0.3, -0.25) is 9.69 Å². The molecule has 1 saturated heterocycles. The standard InChI is InChI=1S/C15H21BrN2O2/c1-15(2)14(19)17(3)7-8-18(15)10-11-5-6-13(20-4)12(16)9-11/h5-6,9H,7-8,10H2,1-4H3. The summed E-state index contributed by atoms with van der Waals surface area (Å²) in [5, 5.41) is 0. The molecular weight excluding hydrogens is 320 g/mol. The maximum atomic E-state index is 12.3. The van der Waals surface area contributed by atoms with Crippen LogP contribution in [0.3, 0.4) is 0 Å². The summed E-state index contributed by atoms with van der Waals surface area (Å²) in [4.78, 5) is 16.3. The van der Waals surface area contributed by atoms with Crippen molar-refractivity contribution in [3.05, 3.63) is 28.2 Å². The van der Waals surface area contributed by atoms with Crippen molar-refractivity contribution in [1.82, 2.24) is 9.80 Å². The molecule has 0 aromatic heterocycles. The van der Waals surface area contributed by atoms with Gasteiger partial charge in [-0.15, -0.1) is 0 Å². The molecule has 4 nitrogen and oxygen atoms in total. The number of halogens is 1. The van der Waals surface area contributed by atoms with Crippen LogP contribution in [-0.2, 0) is 11.3 Å². The first-order chi connectivity index (χ1) is 9.36. The van der Waals surface area contributed by atoms with Crippen molar-refractivity contribution in [1.29, 1.82) is 0 Å². The van der Waals surface area contributed by atoms with Crippen LogP contribution in [0.2, 0.25) is 0 Å². The Morgan fingerprint density at radius 1 is 1.35 bits per heavy atom. The number of nitrogens with zero attached hydrogens (tertiary/aromatic N) is 2. The van der Waals surface area contributed by atoms with Crippen molar-refractivity contribution in [3.63, 3.8) is 0 Å². The van der Waals surface area contributed by atoms with Gasteiger partial charge in [0, 0.05) is 26.7 Å². The normalized spacial score (nSPS) is 19.2. The Bertz CT molecular complexity index is 517. The molecule has 1 heterocycles. The highest BCUT2D eigenvalue weighted by atomic mass is 79.9. The molecule has 0 unspecified atom stereocenters. The molecule has 0 bridgehead atoms. The zero-order chi connectivity index (χ0) is 14.9. The third-order valence-corrected chi connectivity index (χ3v) is 4.58. The molecule has 1 aliphatic rings. The molecule has 0 radical (unpaired) electrons. The number of ether oxygens (including phenoxy) is 1. The van der Waals surface area contributed by atoms with E-state index in [1.54, 1.807) is 12.0 Å². The van der Waals surface area contributed by atoms with Crippen LogP contribution >= 0.6 is 15.9 Å². The summed E-state index contributed by atoms with van der Waals surface area (Å²) < 4.78 is 6.18. The Morgan fingerprint density at radius 3 is 2.65 bits per heavy atom. The summed E-state index contributed by atoms with van der Waals surface area (Å²) in [5.41, 5.74) is 0.711. The van der Waals surface area contributed by atoms with Crippen LogP contribution in [0.4, 0.5) is 0 Å². The summed E-state index contributed by atoms with van der Waals surface area (Å²) in [6, 6.07) is 6.05. The van der Waals surface area contributed by atoms with Crippen LogP contribution < -0.4 is 4.74 Å². The fraction of sp³-hybridized carbons (Fsp3) is 0.533. The number of methoxy groups -OCH3 is 1. The average molecular weight is 341 g/mol. The minimum atomic E-state index is -0.459. The second-order valence-electron chi connectivity index (χ2n) is 5.68. The van der Waals surface area contributed by atoms with E-state index in [0.29, 0.717) is 0 Å². The number of carbonyl (C=O) groups is 1. The van der Waals surface area contributed by atoms with Crippen molar-refractivity contribution in [2.24, 2.45) is 0 Å². The third kappa shape index (κ3) is 2.83. The molecular formula is C15H21BrN2O2. The average Bonchev–Trinajstić information content (AvgIpc) is 2.40. The van der Waals surface area contributed by atoms with Gasteiger partial charge in [0.25, 0.3) is 0 Å². The number of benzene rings is 1. The first kappa shape index (κ1) is 15.3. The number of likely N-dealkylation sites (N-methyl/N-ethyl adjacent to an activating group) is 1. The molecule has 1 fully saturated rings. The Labute approximate surface area is 128 Å². The minimum absolute atomic E-state index is 0.177. The molecule has 0 atom stereocenters. The third-order valence-electron chi connectivity index (χ3n) is 3.96. The fourth-order valence-corrected chi connectivity index (χ4v) is 3.15. The predicted octanol–water partition coefficient (Wildman–Crippen LogP) is 2.51. The molecule has 20 heavy (non-hydrogen) atoms. The Morgan fingerprint density at radius 2 is 2.05 bits per heavy atom. The second-order valence-corrected chi connectivity index (χ2v) is 6.53. The Balaban J connectivity index is 2.17. The summed E-state index contributed by atoms with van der Waals surface area (Å²) in [6.07, 6.45) is 0. The number of hydrogen-bond acceptors (Lipinski definition) is 3. The van der Waals surface area contributed by atoms with Crippen LogP contribution in [0.25, 0.3) is 0 Å². The highest BCUT2D eigenvalue weighted by molar-refractivity contribution is 9.10. The van der Waals surface area contributed by atoms with Gasteiger partial charge in [0.1, 0.15) is 5.75 Å². The van der Waals surface area contributed by atoms with Gasteiger partial charge in [0.05, 0.1) is 17.1 Å². The molecule has 0 aliphatic carbocycles. The highest BCUT2D eigenvalue weighted by Gasteiger charge is 2.40. The Hall–Kier alpha value is -1.07. The maximum absolute atomic E-state index is 12.3. The molecule has 1 amide bonds. The summed E-state index contributed by atoms with van der Waals surface area (Å²) in [5.74, 6) is 0.999. The van der Waals surface area contributed by atoms with E-state index in [1.807, 2.05) is 33.0 Å². The van der Waals surface area contributed by atoms with Gasteiger partial charge in [-0.2, -0.15) is 0 Å². The first-order valence-electron chi connectivity index (χ1n) is 6.69. The number of hydrogen-bond donors (Lipinski definition) is 0. The lowest BCUT2D eigenvalue weighted by Gasteiger charge is -2.44.